The Kier molecular flexibility index (Phi) is 9.07. The number of hydrogen-bond acceptors (Lipinski definition) is 3. The van der Waals surface area contributed by atoms with Crippen molar-refractivity contribution in [1.82, 2.24) is 0 Å². The van der Waals surface area contributed by atoms with Crippen LogP contribution < -0.4 is 10.1 Å². The molecule has 0 saturated carbocycles. The molecule has 0 aliphatic heterocycles. The van der Waals surface area contributed by atoms with Crippen molar-refractivity contribution in [1.29, 1.82) is 0 Å². The van der Waals surface area contributed by atoms with Crippen LogP contribution >= 0.6 is 15.9 Å². The minimum absolute atomic E-state index is 0.0117. The van der Waals surface area contributed by atoms with Gasteiger partial charge in [0.25, 0.3) is 0 Å². The second-order valence-corrected chi connectivity index (χ2v) is 5.06. The summed E-state index contributed by atoms with van der Waals surface area (Å²) in [5, 5.41) is 3.79. The van der Waals surface area contributed by atoms with Gasteiger partial charge in [-0.15, -0.1) is 0 Å². The highest BCUT2D eigenvalue weighted by Crippen LogP contribution is 2.16. The summed E-state index contributed by atoms with van der Waals surface area (Å²) in [7, 11) is 0. The SMILES string of the molecule is CCOCCCC(=O)Nc1ccc(OCCCBr)cc1. The monoisotopic (exact) mass is 343 g/mol. The van der Waals surface area contributed by atoms with E-state index in [-0.39, 0.29) is 5.91 Å². The highest BCUT2D eigenvalue weighted by Gasteiger charge is 2.02. The molecule has 1 rings (SSSR count). The lowest BCUT2D eigenvalue weighted by molar-refractivity contribution is -0.116. The maximum absolute atomic E-state index is 11.7. The predicted octanol–water partition coefficient (Wildman–Crippen LogP) is 3.61. The Labute approximate surface area is 129 Å². The minimum atomic E-state index is 0.0117. The van der Waals surface area contributed by atoms with E-state index in [4.69, 9.17) is 9.47 Å². The Balaban J connectivity index is 2.27. The summed E-state index contributed by atoms with van der Waals surface area (Å²) in [5.41, 5.74) is 0.791. The van der Waals surface area contributed by atoms with Crippen LogP contribution in [0.3, 0.4) is 0 Å². The van der Waals surface area contributed by atoms with E-state index in [0.717, 1.165) is 29.6 Å². The summed E-state index contributed by atoms with van der Waals surface area (Å²) in [4.78, 5) is 11.7. The van der Waals surface area contributed by atoms with Crippen molar-refractivity contribution >= 4 is 27.5 Å². The van der Waals surface area contributed by atoms with Crippen LogP contribution in [0, 0.1) is 0 Å². The largest absolute Gasteiger partial charge is 0.494 e. The van der Waals surface area contributed by atoms with Crippen molar-refractivity contribution < 1.29 is 14.3 Å². The van der Waals surface area contributed by atoms with Gasteiger partial charge in [0.05, 0.1) is 6.61 Å². The smallest absolute Gasteiger partial charge is 0.224 e. The molecule has 0 fully saturated rings. The Bertz CT molecular complexity index is 381. The lowest BCUT2D eigenvalue weighted by Gasteiger charge is -2.08. The average molecular weight is 344 g/mol. The summed E-state index contributed by atoms with van der Waals surface area (Å²) >= 11 is 3.36. The van der Waals surface area contributed by atoms with E-state index in [1.54, 1.807) is 0 Å². The molecule has 0 bridgehead atoms. The molecule has 20 heavy (non-hydrogen) atoms. The number of hydrogen-bond donors (Lipinski definition) is 1. The molecule has 4 nitrogen and oxygen atoms in total. The van der Waals surface area contributed by atoms with Crippen LogP contribution in [0.25, 0.3) is 0 Å². The normalized spacial score (nSPS) is 10.3. The van der Waals surface area contributed by atoms with E-state index in [0.29, 0.717) is 26.2 Å². The van der Waals surface area contributed by atoms with Crippen LogP contribution in [-0.2, 0) is 9.53 Å². The van der Waals surface area contributed by atoms with Crippen molar-refractivity contribution in [3.63, 3.8) is 0 Å². The molecule has 0 saturated heterocycles. The molecule has 0 heterocycles. The zero-order valence-electron chi connectivity index (χ0n) is 11.9. The second kappa shape index (κ2) is 10.7. The van der Waals surface area contributed by atoms with Crippen LogP contribution in [0.5, 0.6) is 5.75 Å². The summed E-state index contributed by atoms with van der Waals surface area (Å²) < 4.78 is 10.7. The number of carbonyl (C=O) groups is 1. The Hall–Kier alpha value is -1.07. The number of halogens is 1. The van der Waals surface area contributed by atoms with Crippen LogP contribution in [0.4, 0.5) is 5.69 Å². The Morgan fingerprint density at radius 3 is 2.60 bits per heavy atom. The molecule has 1 aromatic carbocycles. The molecule has 0 aliphatic carbocycles. The van der Waals surface area contributed by atoms with Crippen LogP contribution in [0.2, 0.25) is 0 Å². The highest BCUT2D eigenvalue weighted by molar-refractivity contribution is 9.09. The van der Waals surface area contributed by atoms with Gasteiger partial charge in [-0.1, -0.05) is 15.9 Å². The highest BCUT2D eigenvalue weighted by atomic mass is 79.9. The quantitative estimate of drug-likeness (QED) is 0.521. The first kappa shape index (κ1) is 17.0. The molecule has 5 heteroatoms. The fourth-order valence-electron chi connectivity index (χ4n) is 1.58. The predicted molar refractivity (Wildman–Crippen MR) is 84.7 cm³/mol. The van der Waals surface area contributed by atoms with Gasteiger partial charge in [0.15, 0.2) is 0 Å². The van der Waals surface area contributed by atoms with Crippen LogP contribution in [0.1, 0.15) is 26.2 Å². The van der Waals surface area contributed by atoms with Crippen molar-refractivity contribution in [2.24, 2.45) is 0 Å². The number of nitrogens with one attached hydrogen (secondary N) is 1. The van der Waals surface area contributed by atoms with E-state index in [2.05, 4.69) is 21.2 Å². The summed E-state index contributed by atoms with van der Waals surface area (Å²) in [6, 6.07) is 7.43. The first-order valence-corrected chi connectivity index (χ1v) is 8.05. The molecule has 0 radical (unpaired) electrons. The lowest BCUT2D eigenvalue weighted by atomic mass is 10.2. The van der Waals surface area contributed by atoms with Crippen molar-refractivity contribution in [3.8, 4) is 5.75 Å². The van der Waals surface area contributed by atoms with Gasteiger partial charge >= 0.3 is 0 Å². The first-order chi connectivity index (χ1) is 9.76. The van der Waals surface area contributed by atoms with Gasteiger partial charge in [-0.3, -0.25) is 4.79 Å². The number of rotatable bonds is 10. The maximum Gasteiger partial charge on any atom is 0.224 e. The number of alkyl halides is 1. The number of anilines is 1. The van der Waals surface area contributed by atoms with Crippen molar-refractivity contribution in [2.45, 2.75) is 26.2 Å². The van der Waals surface area contributed by atoms with Gasteiger partial charge in [-0.05, 0) is 44.0 Å². The molecule has 112 valence electrons. The van der Waals surface area contributed by atoms with Gasteiger partial charge in [0.2, 0.25) is 5.91 Å². The molecule has 0 aromatic heterocycles. The van der Waals surface area contributed by atoms with E-state index in [9.17, 15) is 4.79 Å². The van der Waals surface area contributed by atoms with E-state index in [1.165, 1.54) is 0 Å². The second-order valence-electron chi connectivity index (χ2n) is 4.26. The molecule has 0 spiro atoms. The van der Waals surface area contributed by atoms with E-state index < -0.39 is 0 Å². The van der Waals surface area contributed by atoms with Gasteiger partial charge < -0.3 is 14.8 Å². The van der Waals surface area contributed by atoms with Gasteiger partial charge in [-0.2, -0.15) is 0 Å². The molecular formula is C15H22BrNO3. The molecule has 1 aromatic rings. The zero-order chi connectivity index (χ0) is 14.6. The third kappa shape index (κ3) is 7.50. The molecule has 0 unspecified atom stereocenters. The summed E-state index contributed by atoms with van der Waals surface area (Å²) in [5.74, 6) is 0.831. The number of amides is 1. The topological polar surface area (TPSA) is 47.6 Å². The van der Waals surface area contributed by atoms with Crippen LogP contribution in [0.15, 0.2) is 24.3 Å². The van der Waals surface area contributed by atoms with E-state index >= 15 is 0 Å². The lowest BCUT2D eigenvalue weighted by Crippen LogP contribution is -2.12. The van der Waals surface area contributed by atoms with Gasteiger partial charge in [-0.25, -0.2) is 0 Å². The number of ether oxygens (including phenoxy) is 2. The standard InChI is InChI=1S/C15H22BrNO3/c1-2-19-11-3-5-15(18)17-13-6-8-14(9-7-13)20-12-4-10-16/h6-9H,2-5,10-12H2,1H3,(H,17,18). The number of benzene rings is 1. The fourth-order valence-corrected chi connectivity index (χ4v) is 1.81. The van der Waals surface area contributed by atoms with Gasteiger partial charge in [0, 0.05) is 30.7 Å². The average Bonchev–Trinajstić information content (AvgIpc) is 2.46. The molecule has 1 amide bonds. The Morgan fingerprint density at radius 2 is 1.95 bits per heavy atom. The fraction of sp³-hybridized carbons (Fsp3) is 0.533. The maximum atomic E-state index is 11.7. The number of carbonyl (C=O) groups excluding carboxylic acids is 1. The molecule has 1 N–H and O–H groups in total. The summed E-state index contributed by atoms with van der Waals surface area (Å²) in [6.45, 7) is 3.96. The van der Waals surface area contributed by atoms with Crippen LogP contribution in [-0.4, -0.2) is 31.1 Å². The summed E-state index contributed by atoms with van der Waals surface area (Å²) in [6.07, 6.45) is 2.19. The van der Waals surface area contributed by atoms with Gasteiger partial charge in [0.1, 0.15) is 5.75 Å². The minimum Gasteiger partial charge on any atom is -0.494 e. The van der Waals surface area contributed by atoms with E-state index in [1.807, 2.05) is 31.2 Å². The molecular weight excluding hydrogens is 322 g/mol. The van der Waals surface area contributed by atoms with Crippen molar-refractivity contribution in [3.05, 3.63) is 24.3 Å². The molecule has 0 atom stereocenters. The molecule has 0 aliphatic rings. The first-order valence-electron chi connectivity index (χ1n) is 6.92. The van der Waals surface area contributed by atoms with Crippen molar-refractivity contribution in [2.75, 3.05) is 30.5 Å². The zero-order valence-corrected chi connectivity index (χ0v) is 13.4. The third-order valence-electron chi connectivity index (χ3n) is 2.58. The third-order valence-corrected chi connectivity index (χ3v) is 3.14. The Morgan fingerprint density at radius 1 is 1.20 bits per heavy atom.